The van der Waals surface area contributed by atoms with Gasteiger partial charge in [-0.25, -0.2) is 13.1 Å². The first kappa shape index (κ1) is 15.9. The number of aliphatic hydroxyl groups excluding tert-OH is 1. The summed E-state index contributed by atoms with van der Waals surface area (Å²) in [6.45, 7) is 3.07. The van der Waals surface area contributed by atoms with Crippen LogP contribution in [-0.2, 0) is 10.0 Å². The highest BCUT2D eigenvalue weighted by Gasteiger charge is 2.41. The van der Waals surface area contributed by atoms with Gasteiger partial charge < -0.3 is 5.11 Å². The average molecular weight is 314 g/mol. The van der Waals surface area contributed by atoms with Crippen LogP contribution in [0.4, 0.5) is 5.69 Å². The highest BCUT2D eigenvalue weighted by atomic mass is 32.2. The number of aryl methyl sites for hydroxylation is 2. The maximum atomic E-state index is 12.5. The molecule has 1 fully saturated rings. The lowest BCUT2D eigenvalue weighted by atomic mass is 9.78. The summed E-state index contributed by atoms with van der Waals surface area (Å²) in [4.78, 5) is 10.1. The molecular weight excluding hydrogens is 296 g/mol. The standard InChI is InChI=1S/C13H18N2O5S/c1-9-6-11(15(17)18)12(7-10(9)2)21(19,20)14-13(8-16)4-3-5-13/h6-7,14,16H,3-5,8H2,1-2H3. The van der Waals surface area contributed by atoms with E-state index in [2.05, 4.69) is 4.72 Å². The van der Waals surface area contributed by atoms with Gasteiger partial charge >= 0.3 is 0 Å². The zero-order valence-corrected chi connectivity index (χ0v) is 12.7. The van der Waals surface area contributed by atoms with Crippen LogP contribution >= 0.6 is 0 Å². The number of sulfonamides is 1. The van der Waals surface area contributed by atoms with Crippen molar-refractivity contribution in [3.8, 4) is 0 Å². The molecule has 1 aromatic rings. The Labute approximate surface area is 123 Å². The maximum Gasteiger partial charge on any atom is 0.289 e. The monoisotopic (exact) mass is 314 g/mol. The quantitative estimate of drug-likeness (QED) is 0.630. The van der Waals surface area contributed by atoms with Crippen LogP contribution in [0.5, 0.6) is 0 Å². The molecule has 1 saturated carbocycles. The Kier molecular flexibility index (Phi) is 4.05. The van der Waals surface area contributed by atoms with Gasteiger partial charge in [-0.3, -0.25) is 10.1 Å². The van der Waals surface area contributed by atoms with Crippen molar-refractivity contribution in [3.63, 3.8) is 0 Å². The number of benzene rings is 1. The Morgan fingerprint density at radius 3 is 2.33 bits per heavy atom. The van der Waals surface area contributed by atoms with Crippen molar-refractivity contribution in [2.75, 3.05) is 6.61 Å². The molecule has 0 atom stereocenters. The van der Waals surface area contributed by atoms with Crippen LogP contribution in [0.25, 0.3) is 0 Å². The van der Waals surface area contributed by atoms with Crippen molar-refractivity contribution in [2.24, 2.45) is 0 Å². The molecule has 0 amide bonds. The van der Waals surface area contributed by atoms with E-state index < -0.39 is 26.2 Å². The van der Waals surface area contributed by atoms with Gasteiger partial charge in [-0.05, 0) is 50.3 Å². The fourth-order valence-corrected chi connectivity index (χ4v) is 4.06. The summed E-state index contributed by atoms with van der Waals surface area (Å²) in [5.74, 6) is 0. The first-order valence-corrected chi connectivity index (χ1v) is 8.10. The van der Waals surface area contributed by atoms with E-state index in [4.69, 9.17) is 0 Å². The number of nitro groups is 1. The highest BCUT2D eigenvalue weighted by Crippen LogP contribution is 2.35. The number of hydrogen-bond acceptors (Lipinski definition) is 5. The number of nitrogens with zero attached hydrogens (tertiary/aromatic N) is 1. The molecule has 21 heavy (non-hydrogen) atoms. The summed E-state index contributed by atoms with van der Waals surface area (Å²) in [6, 6.07) is 2.57. The van der Waals surface area contributed by atoms with E-state index in [0.717, 1.165) is 6.42 Å². The van der Waals surface area contributed by atoms with Gasteiger partial charge in [-0.1, -0.05) is 0 Å². The summed E-state index contributed by atoms with van der Waals surface area (Å²) in [5.41, 5.74) is -0.0160. The topological polar surface area (TPSA) is 110 Å². The van der Waals surface area contributed by atoms with Crippen LogP contribution in [0.1, 0.15) is 30.4 Å². The van der Waals surface area contributed by atoms with Crippen molar-refractivity contribution in [3.05, 3.63) is 33.4 Å². The molecule has 7 nitrogen and oxygen atoms in total. The molecule has 1 aromatic carbocycles. The Balaban J connectivity index is 2.49. The second-order valence-electron chi connectivity index (χ2n) is 5.56. The Morgan fingerprint density at radius 1 is 1.33 bits per heavy atom. The van der Waals surface area contributed by atoms with E-state index in [1.165, 1.54) is 12.1 Å². The molecule has 0 aliphatic heterocycles. The van der Waals surface area contributed by atoms with E-state index in [9.17, 15) is 23.6 Å². The van der Waals surface area contributed by atoms with Crippen LogP contribution in [0.2, 0.25) is 0 Å². The van der Waals surface area contributed by atoms with Gasteiger partial charge in [0, 0.05) is 6.07 Å². The second-order valence-corrected chi connectivity index (χ2v) is 7.21. The number of nitro benzene ring substituents is 1. The number of rotatable bonds is 5. The summed E-state index contributed by atoms with van der Waals surface area (Å²) < 4.78 is 27.4. The van der Waals surface area contributed by atoms with Crippen LogP contribution < -0.4 is 4.72 Å². The summed E-state index contributed by atoms with van der Waals surface area (Å²) in [7, 11) is -4.06. The largest absolute Gasteiger partial charge is 0.394 e. The van der Waals surface area contributed by atoms with Gasteiger partial charge in [0.1, 0.15) is 0 Å². The zero-order chi connectivity index (χ0) is 15.8. The molecule has 2 N–H and O–H groups in total. The third-order valence-electron chi connectivity index (χ3n) is 4.03. The van der Waals surface area contributed by atoms with Gasteiger partial charge in [0.05, 0.1) is 17.1 Å². The van der Waals surface area contributed by atoms with Crippen LogP contribution in [0.15, 0.2) is 17.0 Å². The molecule has 0 heterocycles. The molecule has 0 aromatic heterocycles. The Hall–Kier alpha value is -1.51. The fourth-order valence-electron chi connectivity index (χ4n) is 2.37. The summed E-state index contributed by atoms with van der Waals surface area (Å²) >= 11 is 0. The van der Waals surface area contributed by atoms with Crippen molar-refractivity contribution in [1.82, 2.24) is 4.72 Å². The smallest absolute Gasteiger partial charge is 0.289 e. The lowest BCUT2D eigenvalue weighted by molar-refractivity contribution is -0.387. The predicted molar refractivity (Wildman–Crippen MR) is 76.6 cm³/mol. The molecular formula is C13H18N2O5S. The predicted octanol–water partition coefficient (Wildman–Crippen LogP) is 1.40. The lowest BCUT2D eigenvalue weighted by Crippen LogP contribution is -2.56. The molecule has 0 radical (unpaired) electrons. The van der Waals surface area contributed by atoms with Gasteiger partial charge in [0.15, 0.2) is 4.90 Å². The lowest BCUT2D eigenvalue weighted by Gasteiger charge is -2.40. The van der Waals surface area contributed by atoms with Crippen molar-refractivity contribution in [2.45, 2.75) is 43.5 Å². The summed E-state index contributed by atoms with van der Waals surface area (Å²) in [6.07, 6.45) is 1.88. The minimum absolute atomic E-state index is 0.315. The van der Waals surface area contributed by atoms with E-state index in [-0.39, 0.29) is 11.5 Å². The highest BCUT2D eigenvalue weighted by molar-refractivity contribution is 7.89. The molecule has 1 aliphatic rings. The molecule has 116 valence electrons. The van der Waals surface area contributed by atoms with Gasteiger partial charge in [-0.15, -0.1) is 0 Å². The van der Waals surface area contributed by atoms with Crippen molar-refractivity contribution in [1.29, 1.82) is 0 Å². The first-order valence-electron chi connectivity index (χ1n) is 6.61. The minimum Gasteiger partial charge on any atom is -0.394 e. The fraction of sp³-hybridized carbons (Fsp3) is 0.538. The maximum absolute atomic E-state index is 12.5. The molecule has 2 rings (SSSR count). The summed E-state index contributed by atoms with van der Waals surface area (Å²) in [5, 5.41) is 20.5. The average Bonchev–Trinajstić information content (AvgIpc) is 2.36. The SMILES string of the molecule is Cc1cc([N+](=O)[O-])c(S(=O)(=O)NC2(CO)CCC2)cc1C. The molecule has 0 bridgehead atoms. The molecule has 0 saturated heterocycles. The second kappa shape index (κ2) is 5.36. The number of hydrogen-bond donors (Lipinski definition) is 2. The first-order chi connectivity index (χ1) is 9.71. The van der Waals surface area contributed by atoms with Gasteiger partial charge in [-0.2, -0.15) is 0 Å². The Morgan fingerprint density at radius 2 is 1.90 bits per heavy atom. The van der Waals surface area contributed by atoms with E-state index >= 15 is 0 Å². The zero-order valence-electron chi connectivity index (χ0n) is 11.9. The normalized spacial score (nSPS) is 17.3. The third-order valence-corrected chi connectivity index (χ3v) is 5.63. The number of aliphatic hydroxyl groups is 1. The van der Waals surface area contributed by atoms with Crippen molar-refractivity contribution >= 4 is 15.7 Å². The van der Waals surface area contributed by atoms with E-state index in [1.807, 2.05) is 0 Å². The molecule has 8 heteroatoms. The molecule has 1 aliphatic carbocycles. The van der Waals surface area contributed by atoms with E-state index in [0.29, 0.717) is 24.0 Å². The Bertz CT molecular complexity index is 675. The van der Waals surface area contributed by atoms with Crippen LogP contribution in [0, 0.1) is 24.0 Å². The van der Waals surface area contributed by atoms with Gasteiger partial charge in [0.2, 0.25) is 10.0 Å². The van der Waals surface area contributed by atoms with Crippen LogP contribution in [-0.4, -0.2) is 30.6 Å². The van der Waals surface area contributed by atoms with Crippen LogP contribution in [0.3, 0.4) is 0 Å². The molecule has 0 unspecified atom stereocenters. The minimum atomic E-state index is -4.06. The third kappa shape index (κ3) is 2.92. The number of nitrogens with one attached hydrogen (secondary N) is 1. The van der Waals surface area contributed by atoms with Crippen molar-refractivity contribution < 1.29 is 18.4 Å². The molecule has 0 spiro atoms. The van der Waals surface area contributed by atoms with Gasteiger partial charge in [0.25, 0.3) is 5.69 Å². The van der Waals surface area contributed by atoms with E-state index in [1.54, 1.807) is 13.8 Å².